The van der Waals surface area contributed by atoms with Crippen molar-refractivity contribution in [3.63, 3.8) is 0 Å². The first-order valence-corrected chi connectivity index (χ1v) is 8.71. The van der Waals surface area contributed by atoms with Crippen LogP contribution in [0.5, 0.6) is 0 Å². The lowest BCUT2D eigenvalue weighted by molar-refractivity contribution is 0.148. The van der Waals surface area contributed by atoms with Crippen LogP contribution in [0.25, 0.3) is 5.57 Å². The molecule has 0 aromatic heterocycles. The van der Waals surface area contributed by atoms with Crippen molar-refractivity contribution in [2.45, 2.75) is 43.9 Å². The highest BCUT2D eigenvalue weighted by Gasteiger charge is 2.51. The molecule has 22 heavy (non-hydrogen) atoms. The van der Waals surface area contributed by atoms with E-state index in [-0.39, 0.29) is 6.04 Å². The Morgan fingerprint density at radius 2 is 2.18 bits per heavy atom. The van der Waals surface area contributed by atoms with E-state index >= 15 is 0 Å². The third-order valence-corrected chi connectivity index (χ3v) is 5.29. The van der Waals surface area contributed by atoms with Crippen LogP contribution >= 0.6 is 22.6 Å². The van der Waals surface area contributed by atoms with Gasteiger partial charge in [0.1, 0.15) is 12.6 Å². The van der Waals surface area contributed by atoms with Crippen LogP contribution < -0.4 is 5.32 Å². The average Bonchev–Trinajstić information content (AvgIpc) is 2.75. The van der Waals surface area contributed by atoms with Crippen LogP contribution in [0.4, 0.5) is 0 Å². The van der Waals surface area contributed by atoms with Crippen LogP contribution in [0.1, 0.15) is 31.7 Å². The Hall–Kier alpha value is -0.920. The molecular weight excluding hydrogens is 391 g/mol. The van der Waals surface area contributed by atoms with E-state index in [9.17, 15) is 5.11 Å². The summed E-state index contributed by atoms with van der Waals surface area (Å²) in [6.45, 7) is 2.04. The van der Waals surface area contributed by atoms with Gasteiger partial charge in [-0.1, -0.05) is 30.3 Å². The number of rotatable bonds is 4. The predicted molar refractivity (Wildman–Crippen MR) is 96.8 cm³/mol. The Morgan fingerprint density at radius 3 is 2.82 bits per heavy atom. The van der Waals surface area contributed by atoms with Gasteiger partial charge in [-0.15, -0.1) is 0 Å². The molecule has 2 aliphatic heterocycles. The van der Waals surface area contributed by atoms with Crippen LogP contribution in [-0.2, 0) is 4.84 Å². The first-order valence-electron chi connectivity index (χ1n) is 7.63. The van der Waals surface area contributed by atoms with Gasteiger partial charge in [-0.3, -0.25) is 5.32 Å². The molecule has 5 heteroatoms. The third kappa shape index (κ3) is 2.70. The van der Waals surface area contributed by atoms with E-state index in [1.54, 1.807) is 7.11 Å². The van der Waals surface area contributed by atoms with Crippen LogP contribution in [0.15, 0.2) is 35.5 Å². The lowest BCUT2D eigenvalue weighted by Gasteiger charge is -2.35. The quantitative estimate of drug-likeness (QED) is 0.454. The number of hydrogen-bond donors (Lipinski definition) is 2. The summed E-state index contributed by atoms with van der Waals surface area (Å²) in [5.41, 5.74) is 2.76. The Kier molecular flexibility index (Phi) is 4.56. The van der Waals surface area contributed by atoms with Gasteiger partial charge in [-0.25, -0.2) is 0 Å². The lowest BCUT2D eigenvalue weighted by atomic mass is 9.83. The summed E-state index contributed by atoms with van der Waals surface area (Å²) < 4.78 is 1.23. The number of aliphatic hydroxyl groups excluding tert-OH is 1. The zero-order valence-corrected chi connectivity index (χ0v) is 15.0. The molecular formula is C17H21IN2O2. The van der Waals surface area contributed by atoms with E-state index in [2.05, 4.69) is 63.4 Å². The van der Waals surface area contributed by atoms with Gasteiger partial charge in [0.25, 0.3) is 0 Å². The Bertz CT molecular complexity index is 612. The largest absolute Gasteiger partial charge is 0.399 e. The van der Waals surface area contributed by atoms with Gasteiger partial charge in [0.2, 0.25) is 0 Å². The maximum atomic E-state index is 10.6. The highest BCUT2D eigenvalue weighted by molar-refractivity contribution is 14.1. The fraction of sp³-hybridized carbons (Fsp3) is 0.471. The molecule has 2 unspecified atom stereocenters. The molecule has 0 amide bonds. The number of oxime groups is 1. The summed E-state index contributed by atoms with van der Waals surface area (Å²) in [5.74, 6) is 0. The summed E-state index contributed by atoms with van der Waals surface area (Å²) in [6, 6.07) is 8.82. The second-order valence-electron chi connectivity index (χ2n) is 5.92. The molecule has 1 saturated heterocycles. The summed E-state index contributed by atoms with van der Waals surface area (Å²) in [4.78, 5) is 5.01. The van der Waals surface area contributed by atoms with Crippen molar-refractivity contribution in [2.75, 3.05) is 7.11 Å². The summed E-state index contributed by atoms with van der Waals surface area (Å²) in [5, 5.41) is 18.4. The fourth-order valence-corrected chi connectivity index (χ4v) is 3.95. The Labute approximate surface area is 144 Å². The minimum Gasteiger partial charge on any atom is -0.399 e. The molecule has 118 valence electrons. The molecule has 1 aromatic rings. The topological polar surface area (TPSA) is 53.9 Å². The normalized spacial score (nSPS) is 31.1. The molecule has 1 fully saturated rings. The minimum atomic E-state index is -0.591. The molecule has 0 saturated carbocycles. The second kappa shape index (κ2) is 6.29. The molecule has 2 bridgehead atoms. The molecule has 0 radical (unpaired) electrons. The molecule has 2 heterocycles. The molecule has 3 atom stereocenters. The molecule has 4 nitrogen and oxygen atoms in total. The van der Waals surface area contributed by atoms with Crippen molar-refractivity contribution in [1.82, 2.24) is 5.32 Å². The van der Waals surface area contributed by atoms with E-state index < -0.39 is 11.6 Å². The summed E-state index contributed by atoms with van der Waals surface area (Å²) in [7, 11) is 1.55. The first kappa shape index (κ1) is 16.0. The number of fused-ring (bicyclic) bond motifs is 2. The Morgan fingerprint density at radius 1 is 1.45 bits per heavy atom. The van der Waals surface area contributed by atoms with Crippen molar-refractivity contribution in [3.8, 4) is 0 Å². The number of nitrogens with zero attached hydrogens (tertiary/aromatic N) is 1. The second-order valence-corrected chi connectivity index (χ2v) is 7.16. The molecule has 3 rings (SSSR count). The van der Waals surface area contributed by atoms with Crippen molar-refractivity contribution < 1.29 is 9.94 Å². The van der Waals surface area contributed by atoms with Gasteiger partial charge in [0, 0.05) is 9.61 Å². The standard InChI is InChI=1S/C17H21IN2O2/c1-3-15(20-22-2)17-10-12(8-14(19-17)9-16(17)21)11-4-6-13(18)7-5-11/h4-7,10,14,16,19,21H,3,8-9H2,1-2H3/t14?,16?,17-/m1/s1. The number of nitrogens with one attached hydrogen (secondary N) is 1. The van der Waals surface area contributed by atoms with Crippen molar-refractivity contribution in [2.24, 2.45) is 5.16 Å². The highest BCUT2D eigenvalue weighted by atomic mass is 127. The van der Waals surface area contributed by atoms with Crippen LogP contribution in [0.2, 0.25) is 0 Å². The minimum absolute atomic E-state index is 0.280. The van der Waals surface area contributed by atoms with Gasteiger partial charge in [-0.2, -0.15) is 0 Å². The zero-order valence-electron chi connectivity index (χ0n) is 12.8. The predicted octanol–water partition coefficient (Wildman–Crippen LogP) is 2.95. The number of aliphatic hydroxyl groups is 1. The maximum Gasteiger partial charge on any atom is 0.106 e. The monoisotopic (exact) mass is 412 g/mol. The van der Waals surface area contributed by atoms with E-state index in [1.165, 1.54) is 14.7 Å². The molecule has 2 aliphatic rings. The van der Waals surface area contributed by atoms with Gasteiger partial charge in [0.15, 0.2) is 0 Å². The van der Waals surface area contributed by atoms with E-state index in [0.717, 1.165) is 25.0 Å². The molecule has 0 aliphatic carbocycles. The number of benzene rings is 1. The SMILES string of the molecule is CCC(=NOC)[C@]12C=C(c3ccc(I)cc3)CC(CC1O)N2. The van der Waals surface area contributed by atoms with Crippen molar-refractivity contribution >= 4 is 33.9 Å². The zero-order chi connectivity index (χ0) is 15.7. The third-order valence-electron chi connectivity index (χ3n) is 4.57. The fourth-order valence-electron chi connectivity index (χ4n) is 3.59. The van der Waals surface area contributed by atoms with E-state index in [1.807, 2.05) is 6.92 Å². The Balaban J connectivity index is 2.05. The van der Waals surface area contributed by atoms with Gasteiger partial charge in [0.05, 0.1) is 11.8 Å². The lowest BCUT2D eigenvalue weighted by Crippen LogP contribution is -2.55. The summed E-state index contributed by atoms with van der Waals surface area (Å²) >= 11 is 2.31. The molecule has 2 N–H and O–H groups in total. The highest BCUT2D eigenvalue weighted by Crippen LogP contribution is 2.40. The van der Waals surface area contributed by atoms with Crippen LogP contribution in [0.3, 0.4) is 0 Å². The van der Waals surface area contributed by atoms with Gasteiger partial charge >= 0.3 is 0 Å². The van der Waals surface area contributed by atoms with Crippen molar-refractivity contribution in [1.29, 1.82) is 0 Å². The van der Waals surface area contributed by atoms with E-state index in [4.69, 9.17) is 4.84 Å². The smallest absolute Gasteiger partial charge is 0.106 e. The number of hydrogen-bond acceptors (Lipinski definition) is 4. The molecule has 1 aromatic carbocycles. The first-order chi connectivity index (χ1) is 10.6. The molecule has 0 spiro atoms. The van der Waals surface area contributed by atoms with Gasteiger partial charge < -0.3 is 9.94 Å². The summed E-state index contributed by atoms with van der Waals surface area (Å²) in [6.07, 6.45) is 4.11. The van der Waals surface area contributed by atoms with Gasteiger partial charge in [-0.05, 0) is 65.1 Å². The van der Waals surface area contributed by atoms with Crippen molar-refractivity contribution in [3.05, 3.63) is 39.5 Å². The van der Waals surface area contributed by atoms with Crippen LogP contribution in [0, 0.1) is 3.57 Å². The maximum absolute atomic E-state index is 10.6. The average molecular weight is 412 g/mol. The van der Waals surface area contributed by atoms with Crippen LogP contribution in [-0.4, -0.2) is 35.6 Å². The van der Waals surface area contributed by atoms with E-state index in [0.29, 0.717) is 0 Å². The number of halogens is 1.